The van der Waals surface area contributed by atoms with Crippen molar-refractivity contribution in [3.63, 3.8) is 0 Å². The van der Waals surface area contributed by atoms with Gasteiger partial charge in [-0.3, -0.25) is 9.59 Å². The Bertz CT molecular complexity index is 297. The number of carbonyl (C=O) groups excluding carboxylic acids is 2. The molecule has 0 aromatic carbocycles. The molecule has 1 fully saturated rings. The summed E-state index contributed by atoms with van der Waals surface area (Å²) in [5.41, 5.74) is 0. The normalized spacial score (nSPS) is 18.4. The summed E-state index contributed by atoms with van der Waals surface area (Å²) in [6, 6.07) is 0. The Balaban J connectivity index is 2.54. The highest BCUT2D eigenvalue weighted by atomic mass is 32.1. The van der Waals surface area contributed by atoms with E-state index in [0.717, 1.165) is 25.0 Å². The van der Waals surface area contributed by atoms with E-state index < -0.39 is 0 Å². The van der Waals surface area contributed by atoms with E-state index in [1.807, 2.05) is 6.92 Å². The summed E-state index contributed by atoms with van der Waals surface area (Å²) in [6.07, 6.45) is 3.04. The minimum atomic E-state index is -0.336. The average Bonchev–Trinajstić information content (AvgIpc) is 2.37. The Kier molecular flexibility index (Phi) is 6.54. The highest BCUT2D eigenvalue weighted by Gasteiger charge is 2.32. The number of piperazine rings is 1. The molecule has 0 bridgehead atoms. The fourth-order valence-electron chi connectivity index (χ4n) is 2.33. The number of hydrogen-bond donors (Lipinski definition) is 1. The predicted molar refractivity (Wildman–Crippen MR) is 75.7 cm³/mol. The lowest BCUT2D eigenvalue weighted by Crippen LogP contribution is -2.55. The standard InChI is InChI=1S/C13H24N2O2S/c1-3-5-11(10-18)9-15-8-7-14(6-4-2)12(16)13(15)17/h11,18H,3-10H2,1-2H3. The number of thiol groups is 1. The second-order valence-corrected chi connectivity index (χ2v) is 5.25. The highest BCUT2D eigenvalue weighted by Crippen LogP contribution is 2.14. The zero-order chi connectivity index (χ0) is 13.5. The molecule has 0 radical (unpaired) electrons. The van der Waals surface area contributed by atoms with Crippen molar-refractivity contribution in [3.8, 4) is 0 Å². The van der Waals surface area contributed by atoms with E-state index >= 15 is 0 Å². The molecule has 1 rings (SSSR count). The monoisotopic (exact) mass is 272 g/mol. The molecule has 0 aromatic rings. The molecule has 4 nitrogen and oxygen atoms in total. The van der Waals surface area contributed by atoms with Gasteiger partial charge in [-0.15, -0.1) is 0 Å². The van der Waals surface area contributed by atoms with Crippen LogP contribution in [0.5, 0.6) is 0 Å². The molecular formula is C13H24N2O2S. The lowest BCUT2D eigenvalue weighted by molar-refractivity contribution is -0.156. The van der Waals surface area contributed by atoms with Gasteiger partial charge in [-0.2, -0.15) is 12.6 Å². The Hall–Kier alpha value is -0.710. The van der Waals surface area contributed by atoms with E-state index in [-0.39, 0.29) is 11.8 Å². The van der Waals surface area contributed by atoms with Gasteiger partial charge in [0.15, 0.2) is 0 Å². The van der Waals surface area contributed by atoms with Crippen LogP contribution in [0.25, 0.3) is 0 Å². The van der Waals surface area contributed by atoms with E-state index in [0.29, 0.717) is 32.1 Å². The maximum absolute atomic E-state index is 12.0. The zero-order valence-electron chi connectivity index (χ0n) is 11.4. The van der Waals surface area contributed by atoms with Gasteiger partial charge < -0.3 is 9.80 Å². The van der Waals surface area contributed by atoms with Gasteiger partial charge in [0.25, 0.3) is 0 Å². The summed E-state index contributed by atoms with van der Waals surface area (Å²) in [5.74, 6) is 0.493. The number of rotatable bonds is 7. The van der Waals surface area contributed by atoms with Crippen LogP contribution in [0, 0.1) is 5.92 Å². The fourth-order valence-corrected chi connectivity index (χ4v) is 2.63. The lowest BCUT2D eigenvalue weighted by atomic mass is 10.0. The summed E-state index contributed by atoms with van der Waals surface area (Å²) in [6.45, 7) is 6.83. The van der Waals surface area contributed by atoms with Crippen LogP contribution < -0.4 is 0 Å². The summed E-state index contributed by atoms with van der Waals surface area (Å²) >= 11 is 4.32. The third-order valence-electron chi connectivity index (χ3n) is 3.32. The molecular weight excluding hydrogens is 248 g/mol. The molecule has 0 aromatic heterocycles. The van der Waals surface area contributed by atoms with Crippen molar-refractivity contribution in [2.24, 2.45) is 5.92 Å². The van der Waals surface area contributed by atoms with Gasteiger partial charge in [-0.05, 0) is 24.5 Å². The molecule has 1 saturated heterocycles. The minimum absolute atomic E-state index is 0.336. The number of nitrogens with zero attached hydrogens (tertiary/aromatic N) is 2. The third kappa shape index (κ3) is 3.90. The maximum atomic E-state index is 12.0. The molecule has 18 heavy (non-hydrogen) atoms. The first-order chi connectivity index (χ1) is 8.63. The van der Waals surface area contributed by atoms with Crippen LogP contribution in [0.1, 0.15) is 33.1 Å². The smallest absolute Gasteiger partial charge is 0.312 e. The van der Waals surface area contributed by atoms with Gasteiger partial charge in [0, 0.05) is 26.2 Å². The van der Waals surface area contributed by atoms with Crippen molar-refractivity contribution in [2.45, 2.75) is 33.1 Å². The van der Waals surface area contributed by atoms with Crippen LogP contribution in [0.15, 0.2) is 0 Å². The van der Waals surface area contributed by atoms with Crippen molar-refractivity contribution in [2.75, 3.05) is 31.9 Å². The second-order valence-electron chi connectivity index (χ2n) is 4.88. The van der Waals surface area contributed by atoms with Crippen LogP contribution in [0.4, 0.5) is 0 Å². The molecule has 5 heteroatoms. The number of amides is 2. The van der Waals surface area contributed by atoms with E-state index in [1.54, 1.807) is 9.80 Å². The summed E-state index contributed by atoms with van der Waals surface area (Å²) in [7, 11) is 0. The Morgan fingerprint density at radius 3 is 2.28 bits per heavy atom. The molecule has 0 spiro atoms. The summed E-state index contributed by atoms with van der Waals surface area (Å²) in [4.78, 5) is 27.2. The van der Waals surface area contributed by atoms with Crippen LogP contribution in [-0.2, 0) is 9.59 Å². The van der Waals surface area contributed by atoms with E-state index in [2.05, 4.69) is 19.6 Å². The average molecular weight is 272 g/mol. The largest absolute Gasteiger partial charge is 0.333 e. The van der Waals surface area contributed by atoms with E-state index in [9.17, 15) is 9.59 Å². The van der Waals surface area contributed by atoms with Gasteiger partial charge in [0.1, 0.15) is 0 Å². The van der Waals surface area contributed by atoms with Gasteiger partial charge in [-0.1, -0.05) is 20.3 Å². The SMILES string of the molecule is CCCC(CS)CN1CCN(CCC)C(=O)C1=O. The quantitative estimate of drug-likeness (QED) is 0.562. The van der Waals surface area contributed by atoms with Crippen molar-refractivity contribution in [1.29, 1.82) is 0 Å². The highest BCUT2D eigenvalue weighted by molar-refractivity contribution is 7.80. The molecule has 1 atom stereocenters. The fraction of sp³-hybridized carbons (Fsp3) is 0.846. The molecule has 1 unspecified atom stereocenters. The van der Waals surface area contributed by atoms with E-state index in [1.165, 1.54) is 0 Å². The lowest BCUT2D eigenvalue weighted by Gasteiger charge is -2.35. The van der Waals surface area contributed by atoms with Crippen LogP contribution in [0.3, 0.4) is 0 Å². The Labute approximate surface area is 115 Å². The van der Waals surface area contributed by atoms with E-state index in [4.69, 9.17) is 0 Å². The van der Waals surface area contributed by atoms with Crippen LogP contribution >= 0.6 is 12.6 Å². The Morgan fingerprint density at radius 1 is 1.11 bits per heavy atom. The zero-order valence-corrected chi connectivity index (χ0v) is 12.3. The third-order valence-corrected chi connectivity index (χ3v) is 3.84. The van der Waals surface area contributed by atoms with Crippen LogP contribution in [0.2, 0.25) is 0 Å². The topological polar surface area (TPSA) is 40.6 Å². The van der Waals surface area contributed by atoms with Crippen LogP contribution in [-0.4, -0.2) is 53.5 Å². The molecule has 1 aliphatic rings. The van der Waals surface area contributed by atoms with Gasteiger partial charge in [0.05, 0.1) is 0 Å². The molecule has 0 aliphatic carbocycles. The molecule has 2 amide bonds. The van der Waals surface area contributed by atoms with Crippen molar-refractivity contribution in [1.82, 2.24) is 9.80 Å². The predicted octanol–water partition coefficient (Wildman–Crippen LogP) is 1.41. The molecule has 0 saturated carbocycles. The van der Waals surface area contributed by atoms with Crippen molar-refractivity contribution >= 4 is 24.4 Å². The molecule has 1 aliphatic heterocycles. The number of carbonyl (C=O) groups is 2. The first kappa shape index (κ1) is 15.3. The first-order valence-corrected chi connectivity index (χ1v) is 7.46. The maximum Gasteiger partial charge on any atom is 0.312 e. The minimum Gasteiger partial charge on any atom is -0.333 e. The number of hydrogen-bond acceptors (Lipinski definition) is 3. The Morgan fingerprint density at radius 2 is 1.72 bits per heavy atom. The second kappa shape index (κ2) is 7.67. The first-order valence-electron chi connectivity index (χ1n) is 6.83. The molecule has 1 heterocycles. The van der Waals surface area contributed by atoms with Crippen molar-refractivity contribution < 1.29 is 9.59 Å². The van der Waals surface area contributed by atoms with Gasteiger partial charge in [0.2, 0.25) is 0 Å². The van der Waals surface area contributed by atoms with Gasteiger partial charge in [-0.25, -0.2) is 0 Å². The molecule has 0 N–H and O–H groups in total. The summed E-state index contributed by atoms with van der Waals surface area (Å²) in [5, 5.41) is 0. The molecule has 104 valence electrons. The van der Waals surface area contributed by atoms with Crippen molar-refractivity contribution in [3.05, 3.63) is 0 Å². The summed E-state index contributed by atoms with van der Waals surface area (Å²) < 4.78 is 0. The van der Waals surface area contributed by atoms with Gasteiger partial charge >= 0.3 is 11.8 Å².